The van der Waals surface area contributed by atoms with Gasteiger partial charge in [-0.05, 0) is 140 Å². The smallest absolute Gasteiger partial charge is 0.365 e. The first-order valence-electron chi connectivity index (χ1n) is 17.6. The van der Waals surface area contributed by atoms with Crippen molar-refractivity contribution in [2.45, 2.75) is 112 Å². The van der Waals surface area contributed by atoms with Gasteiger partial charge in [0.15, 0.2) is 0 Å². The van der Waals surface area contributed by atoms with Crippen molar-refractivity contribution in [3.63, 3.8) is 0 Å². The van der Waals surface area contributed by atoms with Gasteiger partial charge >= 0.3 is 15.2 Å². The molecule has 3 aromatic rings. The standard InChI is InChI=1S/C39H52O8P2/c1-11-44-48(40,45-12-2)35-19-29-31-17-33(35)42-21-27-16-28(26(6)15-25(27)5)22-43-34-18-32-30(20-36(34)49(41,46-13-3)47-14-4)38(9,10)24-39(31,32)23-37(29,7)8/h15-20H,11-14,21-24H2,1-10H3. The SMILES string of the molecule is CCOP(=O)(OCC)c1cc2c3cc1OCc1cc(c(C)cc1C)COc1cc4c(cc1P(=O)(OCC)OCC)C(C)(C)CC34CC2(C)C. The second-order valence-corrected chi connectivity index (χ2v) is 18.9. The van der Waals surface area contributed by atoms with Crippen LogP contribution in [0.25, 0.3) is 0 Å². The highest BCUT2D eigenvalue weighted by molar-refractivity contribution is 7.62. The molecule has 1 spiro atoms. The third-order valence-corrected chi connectivity index (χ3v) is 14.8. The summed E-state index contributed by atoms with van der Waals surface area (Å²) in [5.74, 6) is 1.02. The molecule has 0 N–H and O–H groups in total. The molecule has 2 aliphatic carbocycles. The van der Waals surface area contributed by atoms with Crippen LogP contribution in [0.5, 0.6) is 11.5 Å². The molecule has 49 heavy (non-hydrogen) atoms. The van der Waals surface area contributed by atoms with E-state index in [-0.39, 0.29) is 50.5 Å². The molecule has 0 aromatic heterocycles. The number of ether oxygens (including phenoxy) is 2. The first-order valence-corrected chi connectivity index (χ1v) is 20.7. The van der Waals surface area contributed by atoms with Gasteiger partial charge in [0.1, 0.15) is 35.3 Å². The van der Waals surface area contributed by atoms with E-state index in [4.69, 9.17) is 27.6 Å². The third kappa shape index (κ3) is 6.05. The molecule has 1 heterocycles. The molecule has 6 bridgehead atoms. The molecule has 0 amide bonds. The summed E-state index contributed by atoms with van der Waals surface area (Å²) in [7, 11) is -7.44. The largest absolute Gasteiger partial charge is 0.488 e. The van der Waals surface area contributed by atoms with E-state index >= 15 is 0 Å². The average Bonchev–Trinajstić information content (AvgIpc) is 3.38. The summed E-state index contributed by atoms with van der Waals surface area (Å²) in [6.07, 6.45) is 1.62. The Morgan fingerprint density at radius 1 is 0.571 bits per heavy atom. The molecule has 6 rings (SSSR count). The van der Waals surface area contributed by atoms with Gasteiger partial charge in [0.2, 0.25) is 0 Å². The molecular weight excluding hydrogens is 658 g/mol. The molecule has 1 aliphatic heterocycles. The Kier molecular flexibility index (Phi) is 9.61. The molecule has 0 unspecified atom stereocenters. The summed E-state index contributed by atoms with van der Waals surface area (Å²) in [6, 6.07) is 12.5. The lowest BCUT2D eigenvalue weighted by molar-refractivity contribution is 0.227. The van der Waals surface area contributed by atoms with E-state index in [1.165, 1.54) is 0 Å². The maximum atomic E-state index is 14.5. The van der Waals surface area contributed by atoms with Crippen molar-refractivity contribution >= 4 is 25.8 Å². The molecule has 8 nitrogen and oxygen atoms in total. The Balaban J connectivity index is 1.70. The van der Waals surface area contributed by atoms with Crippen LogP contribution >= 0.6 is 15.2 Å². The van der Waals surface area contributed by atoms with Gasteiger partial charge in [-0.25, -0.2) is 0 Å². The Morgan fingerprint density at radius 2 is 0.939 bits per heavy atom. The normalized spacial score (nSPS) is 18.5. The van der Waals surface area contributed by atoms with Crippen LogP contribution in [0.4, 0.5) is 0 Å². The average molecular weight is 711 g/mol. The molecule has 3 aliphatic rings. The first-order chi connectivity index (χ1) is 23.1. The van der Waals surface area contributed by atoms with Crippen molar-refractivity contribution in [2.24, 2.45) is 0 Å². The minimum atomic E-state index is -3.72. The highest BCUT2D eigenvalue weighted by atomic mass is 31.2. The maximum Gasteiger partial charge on any atom is 0.365 e. The first kappa shape index (κ1) is 36.4. The van der Waals surface area contributed by atoms with Crippen LogP contribution in [0.3, 0.4) is 0 Å². The van der Waals surface area contributed by atoms with Crippen LogP contribution in [0, 0.1) is 13.8 Å². The van der Waals surface area contributed by atoms with E-state index in [2.05, 4.69) is 65.8 Å². The number of fused-ring (bicyclic) bond motifs is 4. The molecule has 0 saturated carbocycles. The Bertz CT molecular complexity index is 1730. The van der Waals surface area contributed by atoms with E-state index < -0.39 is 20.6 Å². The molecule has 10 heteroatoms. The Labute approximate surface area is 292 Å². The number of rotatable bonds is 10. The predicted octanol–water partition coefficient (Wildman–Crippen LogP) is 9.21. The van der Waals surface area contributed by atoms with Crippen LogP contribution < -0.4 is 20.1 Å². The lowest BCUT2D eigenvalue weighted by atomic mass is 9.72. The fourth-order valence-corrected chi connectivity index (χ4v) is 12.0. The van der Waals surface area contributed by atoms with Crippen molar-refractivity contribution in [2.75, 3.05) is 26.4 Å². The number of hydrogen-bond donors (Lipinski definition) is 0. The van der Waals surface area contributed by atoms with E-state index in [1.54, 1.807) is 0 Å². The van der Waals surface area contributed by atoms with Crippen molar-refractivity contribution in [1.82, 2.24) is 0 Å². The fourth-order valence-electron chi connectivity index (χ4n) is 8.60. The molecule has 0 fully saturated rings. The number of aryl methyl sites for hydroxylation is 2. The summed E-state index contributed by atoms with van der Waals surface area (Å²) in [6.45, 7) is 21.9. The molecule has 3 aromatic carbocycles. The molecular formula is C39H52O8P2. The van der Waals surface area contributed by atoms with Gasteiger partial charge in [-0.2, -0.15) is 0 Å². The predicted molar refractivity (Wildman–Crippen MR) is 195 cm³/mol. The second-order valence-electron chi connectivity index (χ2n) is 14.9. The van der Waals surface area contributed by atoms with Crippen molar-refractivity contribution in [3.8, 4) is 11.5 Å². The fraction of sp³-hybridized carbons (Fsp3) is 0.538. The van der Waals surface area contributed by atoms with Gasteiger partial charge in [-0.15, -0.1) is 0 Å². The summed E-state index contributed by atoms with van der Waals surface area (Å²) < 4.78 is 66.2. The Morgan fingerprint density at radius 3 is 1.29 bits per heavy atom. The molecule has 0 saturated heterocycles. The van der Waals surface area contributed by atoms with E-state index in [0.29, 0.717) is 22.1 Å². The van der Waals surface area contributed by atoms with Crippen LogP contribution in [-0.4, -0.2) is 26.4 Å². The van der Waals surface area contributed by atoms with Crippen LogP contribution in [0.1, 0.15) is 113 Å². The van der Waals surface area contributed by atoms with Crippen LogP contribution in [-0.2, 0) is 56.7 Å². The van der Waals surface area contributed by atoms with Crippen molar-refractivity contribution in [1.29, 1.82) is 0 Å². The zero-order valence-corrected chi connectivity index (χ0v) is 32.6. The lowest BCUT2D eigenvalue weighted by Crippen LogP contribution is -2.27. The molecule has 266 valence electrons. The lowest BCUT2D eigenvalue weighted by Gasteiger charge is -2.31. The minimum absolute atomic E-state index is 0.238. The second kappa shape index (κ2) is 13.0. The van der Waals surface area contributed by atoms with Crippen LogP contribution in [0.15, 0.2) is 36.4 Å². The quantitative estimate of drug-likeness (QED) is 0.193. The maximum absolute atomic E-state index is 14.5. The summed E-state index contributed by atoms with van der Waals surface area (Å²) in [4.78, 5) is 0. The molecule has 0 radical (unpaired) electrons. The molecule has 0 atom stereocenters. The summed E-state index contributed by atoms with van der Waals surface area (Å²) in [5, 5.41) is 0.923. The summed E-state index contributed by atoms with van der Waals surface area (Å²) >= 11 is 0. The van der Waals surface area contributed by atoms with E-state index in [0.717, 1.165) is 57.3 Å². The number of hydrogen-bond acceptors (Lipinski definition) is 8. The zero-order valence-electron chi connectivity index (χ0n) is 30.8. The van der Waals surface area contributed by atoms with Gasteiger partial charge in [0.25, 0.3) is 0 Å². The topological polar surface area (TPSA) is 89.5 Å². The zero-order chi connectivity index (χ0) is 35.6. The van der Waals surface area contributed by atoms with Crippen molar-refractivity contribution < 1.29 is 36.7 Å². The summed E-state index contributed by atoms with van der Waals surface area (Å²) in [5.41, 5.74) is 7.60. The third-order valence-electron chi connectivity index (χ3n) is 10.5. The van der Waals surface area contributed by atoms with Gasteiger partial charge in [0, 0.05) is 5.41 Å². The van der Waals surface area contributed by atoms with Crippen molar-refractivity contribution in [3.05, 3.63) is 80.9 Å². The highest BCUT2D eigenvalue weighted by Gasteiger charge is 2.58. The van der Waals surface area contributed by atoms with Gasteiger partial charge in [-0.3, -0.25) is 9.13 Å². The van der Waals surface area contributed by atoms with E-state index in [1.807, 2.05) is 39.8 Å². The van der Waals surface area contributed by atoms with Crippen LogP contribution in [0.2, 0.25) is 0 Å². The van der Waals surface area contributed by atoms with E-state index in [9.17, 15) is 9.13 Å². The van der Waals surface area contributed by atoms with Gasteiger partial charge < -0.3 is 27.6 Å². The highest BCUT2D eigenvalue weighted by Crippen LogP contribution is 2.65. The van der Waals surface area contributed by atoms with Gasteiger partial charge in [-0.1, -0.05) is 33.8 Å². The number of benzene rings is 3. The minimum Gasteiger partial charge on any atom is -0.488 e. The van der Waals surface area contributed by atoms with Gasteiger partial charge in [0.05, 0.1) is 26.4 Å². The monoisotopic (exact) mass is 710 g/mol. The Hall–Kier alpha value is -2.44.